The van der Waals surface area contributed by atoms with Gasteiger partial charge in [0.2, 0.25) is 0 Å². The molecule has 12 rings (SSSR count). The van der Waals surface area contributed by atoms with E-state index in [1.807, 2.05) is 153 Å². The number of carbonyl (C=O) groups is 1. The van der Waals surface area contributed by atoms with Gasteiger partial charge in [-0.25, -0.2) is 4.79 Å². The minimum atomic E-state index is -0.515. The van der Waals surface area contributed by atoms with E-state index in [1.54, 1.807) is 57.1 Å². The molecule has 1 amide bonds. The van der Waals surface area contributed by atoms with Gasteiger partial charge < -0.3 is 70.1 Å². The second-order valence-corrected chi connectivity index (χ2v) is 24.3. The predicted molar refractivity (Wildman–Crippen MR) is 400 cm³/mol. The zero-order valence-electron chi connectivity index (χ0n) is 59.1. The summed E-state index contributed by atoms with van der Waals surface area (Å²) in [6.45, 7) is 10.9. The van der Waals surface area contributed by atoms with Crippen LogP contribution in [0.5, 0.6) is 51.7 Å². The fraction of sp³-hybridized carbons (Fsp3) is 0.297. The van der Waals surface area contributed by atoms with Crippen molar-refractivity contribution < 1.29 is 43.4 Å². The highest BCUT2D eigenvalue weighted by Crippen LogP contribution is 2.39. The van der Waals surface area contributed by atoms with Crippen LogP contribution in [0.15, 0.2) is 258 Å². The van der Waals surface area contributed by atoms with Crippen LogP contribution in [0.1, 0.15) is 59.3 Å². The molecule has 9 aromatic rings. The average Bonchev–Trinajstić information content (AvgIpc) is 1.64. The molecule has 3 saturated heterocycles. The molecule has 6 heterocycles. The number of hydrogen-bond donors (Lipinski definition) is 8. The van der Waals surface area contributed by atoms with Gasteiger partial charge in [-0.1, -0.05) is 41.0 Å². The third kappa shape index (κ3) is 26.7. The summed E-state index contributed by atoms with van der Waals surface area (Å²) in [5, 5.41) is 62.6. The number of hydrogen-bond acceptors (Lipinski definition) is 19. The number of aliphatic hydroxyl groups is 1. The summed E-state index contributed by atoms with van der Waals surface area (Å²) < 4.78 is 37.4. The number of ether oxygens (including phenoxy) is 6. The normalized spacial score (nSPS) is 15.3. The zero-order valence-corrected chi connectivity index (χ0v) is 59.9. The van der Waals surface area contributed by atoms with Crippen LogP contribution in [0.4, 0.5) is 21.9 Å². The van der Waals surface area contributed by atoms with Crippen LogP contribution in [0, 0.1) is 5.53 Å². The summed E-state index contributed by atoms with van der Waals surface area (Å²) in [6, 6.07) is 53.2. The Morgan fingerprint density at radius 2 is 0.895 bits per heavy atom. The van der Waals surface area contributed by atoms with E-state index in [9.17, 15) is 9.90 Å². The van der Waals surface area contributed by atoms with Crippen LogP contribution >= 0.6 is 11.8 Å². The van der Waals surface area contributed by atoms with Gasteiger partial charge in [0.1, 0.15) is 40.1 Å². The van der Waals surface area contributed by atoms with Gasteiger partial charge in [0, 0.05) is 99.2 Å². The summed E-state index contributed by atoms with van der Waals surface area (Å²) in [6.07, 6.45) is 17.3. The van der Waals surface area contributed by atoms with Crippen molar-refractivity contribution >= 4 is 34.9 Å². The highest BCUT2D eigenvalue weighted by Gasteiger charge is 2.32. The molecule has 105 heavy (non-hydrogen) atoms. The molecular formula is C74H86ClN21O9. The highest BCUT2D eigenvalue weighted by atomic mass is 35.5. The van der Waals surface area contributed by atoms with Crippen molar-refractivity contribution in [1.82, 2.24) is 30.5 Å². The lowest BCUT2D eigenvalue weighted by Gasteiger charge is -2.29. The lowest BCUT2D eigenvalue weighted by atomic mass is 10.1. The van der Waals surface area contributed by atoms with Crippen LogP contribution in [-0.4, -0.2) is 120 Å². The third-order valence-corrected chi connectivity index (χ3v) is 16.0. The van der Waals surface area contributed by atoms with Crippen molar-refractivity contribution in [3.63, 3.8) is 0 Å². The first-order chi connectivity index (χ1) is 51.3. The first-order valence-corrected chi connectivity index (χ1v) is 34.0. The summed E-state index contributed by atoms with van der Waals surface area (Å²) in [5.41, 5.74) is 14.6. The first kappa shape index (κ1) is 78.7. The molecule has 3 aromatic heterocycles. The van der Waals surface area contributed by atoms with E-state index >= 15 is 0 Å². The topological polar surface area (TPSA) is 375 Å². The van der Waals surface area contributed by atoms with Gasteiger partial charge in [-0.2, -0.15) is 5.53 Å². The molecule has 8 N–H and O–H groups in total. The number of aliphatic hydroxyl groups excluding tert-OH is 1. The monoisotopic (exact) mass is 1450 g/mol. The van der Waals surface area contributed by atoms with Crippen molar-refractivity contribution in [2.75, 3.05) is 76.5 Å². The second kappa shape index (κ2) is 43.1. The number of nitrogens with zero attached hydrogens (tertiary/aromatic N) is 15. The molecule has 3 aliphatic heterocycles. The van der Waals surface area contributed by atoms with Crippen LogP contribution in [0.2, 0.25) is 0 Å². The van der Waals surface area contributed by atoms with E-state index < -0.39 is 5.60 Å². The number of benzene rings is 6. The van der Waals surface area contributed by atoms with Crippen LogP contribution < -0.4 is 50.3 Å². The maximum absolute atomic E-state index is 12.7. The molecule has 6 aromatic carbocycles. The molecule has 0 bridgehead atoms. The van der Waals surface area contributed by atoms with E-state index in [1.165, 1.54) is 25.7 Å². The summed E-state index contributed by atoms with van der Waals surface area (Å²) in [7, 11) is 4.30. The Morgan fingerprint density at radius 3 is 1.25 bits per heavy atom. The number of halogens is 1. The molecule has 30 nitrogen and oxygen atoms in total. The molecule has 3 atom stereocenters. The lowest BCUT2D eigenvalue weighted by Crippen LogP contribution is -2.42. The Morgan fingerprint density at radius 1 is 0.514 bits per heavy atom. The Kier molecular flexibility index (Phi) is 32.3. The maximum Gasteiger partial charge on any atom is 0.410 e. The van der Waals surface area contributed by atoms with Gasteiger partial charge in [0.15, 0.2) is 17.2 Å². The Bertz CT molecular complexity index is 4210. The van der Waals surface area contributed by atoms with Crippen molar-refractivity contribution in [2.45, 2.75) is 83.0 Å². The van der Waals surface area contributed by atoms with Crippen molar-refractivity contribution in [3.05, 3.63) is 201 Å². The van der Waals surface area contributed by atoms with E-state index in [0.29, 0.717) is 42.4 Å². The number of methoxy groups -OCH3 is 2. The largest absolute Gasteiger partial charge is 0.508 e. The van der Waals surface area contributed by atoms with E-state index in [4.69, 9.17) is 50.8 Å². The first-order valence-electron chi connectivity index (χ1n) is 33.7. The van der Waals surface area contributed by atoms with Gasteiger partial charge >= 0.3 is 6.09 Å². The van der Waals surface area contributed by atoms with Crippen molar-refractivity contribution in [3.8, 4) is 85.1 Å². The van der Waals surface area contributed by atoms with E-state index in [2.05, 4.69) is 129 Å². The number of phenols is 1. The summed E-state index contributed by atoms with van der Waals surface area (Å²) in [5.74, 6) is 6.18. The molecule has 0 radical (unpaired) electrons. The summed E-state index contributed by atoms with van der Waals surface area (Å²) >= 11 is 4.73. The van der Waals surface area contributed by atoms with Gasteiger partial charge in [-0.15, -0.1) is 0 Å². The predicted octanol–water partition coefficient (Wildman–Crippen LogP) is 18.1. The van der Waals surface area contributed by atoms with Gasteiger partial charge in [-0.05, 0) is 269 Å². The van der Waals surface area contributed by atoms with Crippen LogP contribution in [-0.2, 0) is 4.74 Å². The Labute approximate surface area is 614 Å². The molecule has 0 aliphatic carbocycles. The van der Waals surface area contributed by atoms with Crippen molar-refractivity contribution in [1.29, 1.82) is 5.53 Å². The van der Waals surface area contributed by atoms with Gasteiger partial charge in [0.05, 0.1) is 49.1 Å². The standard InChI is InChI=1S/C28H33N3O4.C23H25N3O2.C22H23N3O2.CH4O.ClHN12/c1-28(2,3)35-27(32)31-16-6-8-22(31)19-30-25-14-9-20(21-7-5-15-29-18-21)17-26(25)34-24-12-10-23(33-4)11-13-24;1-27-20-7-9-21(10-8-20)28-23-14-17(18-4-2-12-24-15-18)6-11-22(23)26-16-19-5-3-13-25-19;26-19-6-8-20(9-7-19)27-22-13-16(17-3-1-11-23-14-17)5-10-21(22)25-15-18-4-2-12-24-18;1-2;1-3-5-7-9-11-13-12-10-8-6-4-2/h5,7,9-15,17-18,22,30H,6,8,16,19H2,1-4H3;2,4,6-12,14-15,19,25-26H,3,5,13,16H2,1H3;1,3,5-11,13-14,18,24-26H,2,4,12,15H2;2H,1H3;2H/b;;;;4-2?,5-3?,8-6+,9-7+,12-10+,13-11+/t22-;19-;18-;;/m000../s1. The fourth-order valence-electron chi connectivity index (χ4n) is 10.9. The molecule has 3 fully saturated rings. The SMILES string of the molecule is CO.COc1ccc(Oc2cc(-c3cccnc3)ccc2NC[C@@H]2CCCN2)cc1.COc1ccc(Oc2cc(-c3cccnc3)ccc2NC[C@@H]2CCCN2C(=O)OC(C)(C)C)cc1.N=N/N=N/N=N/N=N/N=N/N=NCl.Oc1ccc(Oc2cc(-c3cccnc3)ccc2NC[C@@H]2CCCN2)cc1. The molecule has 0 saturated carbocycles. The maximum atomic E-state index is 12.7. The second-order valence-electron chi connectivity index (χ2n) is 24.2. The molecule has 548 valence electrons. The minimum absolute atomic E-state index is 0.0525. The molecule has 0 unspecified atom stereocenters. The number of aromatic nitrogens is 3. The molecule has 3 aliphatic rings. The number of pyridine rings is 3. The van der Waals surface area contributed by atoms with Crippen LogP contribution in [0.25, 0.3) is 33.4 Å². The van der Waals surface area contributed by atoms with Crippen LogP contribution in [0.3, 0.4) is 0 Å². The number of phenolic OH excluding ortho intramolecular Hbond substituents is 1. The molecular weight excluding hydrogens is 1360 g/mol. The lowest BCUT2D eigenvalue weighted by molar-refractivity contribution is 0.0235. The fourth-order valence-corrected chi connectivity index (χ4v) is 10.9. The molecule has 31 heteroatoms. The van der Waals surface area contributed by atoms with Gasteiger partial charge in [-0.3, -0.25) is 15.0 Å². The Balaban J connectivity index is 0.000000183. The summed E-state index contributed by atoms with van der Waals surface area (Å²) in [4.78, 5) is 27.2. The van der Waals surface area contributed by atoms with E-state index in [0.717, 1.165) is 125 Å². The third-order valence-electron chi connectivity index (χ3n) is 15.9. The molecule has 0 spiro atoms. The number of likely N-dealkylation sites (tertiary alicyclic amines) is 1. The van der Waals surface area contributed by atoms with Gasteiger partial charge in [0.25, 0.3) is 0 Å². The minimum Gasteiger partial charge on any atom is -0.508 e. The number of anilines is 3. The number of aromatic hydroxyl groups is 1. The number of carbonyl (C=O) groups excluding carboxylic acids is 1. The highest BCUT2D eigenvalue weighted by molar-refractivity contribution is 6.13. The quantitative estimate of drug-likeness (QED) is 0.0195. The Hall–Kier alpha value is -12.0. The number of nitrogens with one attached hydrogen (secondary N) is 6. The van der Waals surface area contributed by atoms with Crippen molar-refractivity contribution in [2.24, 2.45) is 56.9 Å². The number of amides is 1. The average molecular weight is 1450 g/mol. The zero-order chi connectivity index (χ0) is 74.3. The number of rotatable bonds is 25. The smallest absolute Gasteiger partial charge is 0.410 e. The van der Waals surface area contributed by atoms with E-state index in [-0.39, 0.29) is 17.9 Å².